The number of hydrogen-bond acceptors (Lipinski definition) is 6. The molecule has 4 aliphatic rings. The second kappa shape index (κ2) is 11.9. The molecule has 1 spiro atoms. The fourth-order valence-corrected chi connectivity index (χ4v) is 9.08. The van der Waals surface area contributed by atoms with Crippen LogP contribution in [0, 0.1) is 23.7 Å². The lowest BCUT2D eigenvalue weighted by Crippen LogP contribution is -2.49. The number of nitrogens with one attached hydrogen (secondary N) is 1. The van der Waals surface area contributed by atoms with Crippen LogP contribution in [-0.2, 0) is 21.9 Å². The molecule has 0 radical (unpaired) electrons. The van der Waals surface area contributed by atoms with E-state index < -0.39 is 22.0 Å². The molecule has 0 bridgehead atoms. The second-order valence-corrected chi connectivity index (χ2v) is 15.1. The molecule has 0 saturated heterocycles. The zero-order valence-electron chi connectivity index (χ0n) is 24.7. The smallest absolute Gasteiger partial charge is 0.264 e. The lowest BCUT2D eigenvalue weighted by molar-refractivity contribution is 0.0460. The first-order valence-corrected chi connectivity index (χ1v) is 17.4. The molecule has 9 heteroatoms. The number of carbonyl (C=O) groups is 1. The van der Waals surface area contributed by atoms with E-state index in [9.17, 15) is 18.3 Å². The molecule has 2 aromatic carbocycles. The molecule has 2 aromatic rings. The number of hydrogen-bond donors (Lipinski definition) is 2. The molecule has 6 rings (SSSR count). The summed E-state index contributed by atoms with van der Waals surface area (Å²) in [5, 5.41) is 11.3. The van der Waals surface area contributed by atoms with Gasteiger partial charge in [-0.15, -0.1) is 6.58 Å². The van der Waals surface area contributed by atoms with Gasteiger partial charge in [0, 0.05) is 29.1 Å². The van der Waals surface area contributed by atoms with Gasteiger partial charge in [0.1, 0.15) is 5.75 Å². The number of benzene rings is 2. The molecule has 2 N–H and O–H groups in total. The predicted molar refractivity (Wildman–Crippen MR) is 170 cm³/mol. The van der Waals surface area contributed by atoms with Crippen molar-refractivity contribution in [2.24, 2.45) is 23.7 Å². The summed E-state index contributed by atoms with van der Waals surface area (Å²) in [6.07, 6.45) is 10.7. The van der Waals surface area contributed by atoms with Crippen molar-refractivity contribution in [3.8, 4) is 5.75 Å². The van der Waals surface area contributed by atoms with Gasteiger partial charge in [-0.05, 0) is 111 Å². The average Bonchev–Trinajstić information content (AvgIpc) is 3.71. The summed E-state index contributed by atoms with van der Waals surface area (Å²) in [7, 11) is -3.78. The van der Waals surface area contributed by atoms with Gasteiger partial charge in [0.25, 0.3) is 5.91 Å². The Morgan fingerprint density at radius 2 is 2.09 bits per heavy atom. The van der Waals surface area contributed by atoms with E-state index >= 15 is 0 Å². The SMILES string of the molecule is C=CC(O)[C@@H]1CC[C@H]1CN1C[C@@]2(CCCc3cc(Cl)ccc32)COc2ccc(C(=O)NS(=O)(=O)C[C@@H]3C[C@@H]3/C=C/C)cc21. The van der Waals surface area contributed by atoms with Crippen LogP contribution in [0.5, 0.6) is 5.75 Å². The maximum absolute atomic E-state index is 13.3. The van der Waals surface area contributed by atoms with E-state index in [0.717, 1.165) is 49.2 Å². The number of aryl methyl sites for hydroxylation is 1. The van der Waals surface area contributed by atoms with Crippen LogP contribution in [0.1, 0.15) is 60.5 Å². The van der Waals surface area contributed by atoms with E-state index in [1.165, 1.54) is 11.1 Å². The van der Waals surface area contributed by atoms with Crippen LogP contribution in [-0.4, -0.2) is 51.0 Å². The molecule has 1 aliphatic heterocycles. The van der Waals surface area contributed by atoms with E-state index in [-0.39, 0.29) is 40.4 Å². The second-order valence-electron chi connectivity index (χ2n) is 12.9. The first-order chi connectivity index (χ1) is 20.6. The number of nitrogens with zero attached hydrogens (tertiary/aromatic N) is 1. The number of aliphatic hydroxyl groups is 1. The molecule has 7 nitrogen and oxygen atoms in total. The summed E-state index contributed by atoms with van der Waals surface area (Å²) < 4.78 is 34.5. The van der Waals surface area contributed by atoms with E-state index in [1.54, 1.807) is 24.3 Å². The van der Waals surface area contributed by atoms with Crippen LogP contribution in [0.4, 0.5) is 5.69 Å². The number of aliphatic hydroxyl groups excluding tert-OH is 1. The van der Waals surface area contributed by atoms with Gasteiger partial charge in [-0.2, -0.15) is 0 Å². The Hall–Kier alpha value is -2.81. The fraction of sp³-hybridized carbons (Fsp3) is 0.500. The third kappa shape index (κ3) is 6.24. The van der Waals surface area contributed by atoms with Gasteiger partial charge in [-0.1, -0.05) is 35.9 Å². The third-order valence-corrected chi connectivity index (χ3v) is 11.6. The summed E-state index contributed by atoms with van der Waals surface area (Å²) >= 11 is 6.38. The summed E-state index contributed by atoms with van der Waals surface area (Å²) in [4.78, 5) is 15.6. The molecule has 1 unspecified atom stereocenters. The third-order valence-electron chi connectivity index (χ3n) is 10.0. The van der Waals surface area contributed by atoms with Crippen LogP contribution >= 0.6 is 11.6 Å². The molecule has 230 valence electrons. The lowest BCUT2D eigenvalue weighted by Gasteiger charge is -2.45. The maximum atomic E-state index is 13.3. The van der Waals surface area contributed by atoms with Gasteiger partial charge < -0.3 is 14.7 Å². The average molecular weight is 625 g/mol. The molecule has 1 amide bonds. The number of halogens is 1. The highest BCUT2D eigenvalue weighted by atomic mass is 35.5. The quantitative estimate of drug-likeness (QED) is 0.350. The number of fused-ring (bicyclic) bond motifs is 3. The van der Waals surface area contributed by atoms with Crippen molar-refractivity contribution in [1.82, 2.24) is 4.72 Å². The van der Waals surface area contributed by atoms with E-state index in [2.05, 4.69) is 28.3 Å². The maximum Gasteiger partial charge on any atom is 0.264 e. The number of rotatable bonds is 9. The van der Waals surface area contributed by atoms with Crippen molar-refractivity contribution in [3.05, 3.63) is 82.9 Å². The van der Waals surface area contributed by atoms with Crippen molar-refractivity contribution in [2.75, 3.05) is 30.3 Å². The Bertz CT molecular complexity index is 1540. The zero-order chi connectivity index (χ0) is 30.4. The normalized spacial score (nSPS) is 28.7. The number of anilines is 1. The van der Waals surface area contributed by atoms with Gasteiger partial charge >= 0.3 is 0 Å². The van der Waals surface area contributed by atoms with Gasteiger partial charge in [-0.3, -0.25) is 4.79 Å². The molecular weight excluding hydrogens is 584 g/mol. The van der Waals surface area contributed by atoms with Crippen molar-refractivity contribution >= 4 is 33.2 Å². The van der Waals surface area contributed by atoms with Crippen LogP contribution in [0.15, 0.2) is 61.2 Å². The number of allylic oxidation sites excluding steroid dienone is 2. The molecule has 2 saturated carbocycles. The van der Waals surface area contributed by atoms with Crippen LogP contribution < -0.4 is 14.4 Å². The van der Waals surface area contributed by atoms with E-state index in [0.29, 0.717) is 25.4 Å². The van der Waals surface area contributed by atoms with E-state index in [1.807, 2.05) is 25.1 Å². The largest absolute Gasteiger partial charge is 0.490 e. The molecular formula is C34H41ClN2O5S. The first-order valence-electron chi connectivity index (χ1n) is 15.4. The molecule has 3 aliphatic carbocycles. The Labute approximate surface area is 260 Å². The fourth-order valence-electron chi connectivity index (χ4n) is 7.45. The van der Waals surface area contributed by atoms with Crippen LogP contribution in [0.25, 0.3) is 0 Å². The highest BCUT2D eigenvalue weighted by Gasteiger charge is 2.44. The van der Waals surface area contributed by atoms with Gasteiger partial charge in [-0.25, -0.2) is 13.1 Å². The molecule has 2 fully saturated rings. The summed E-state index contributed by atoms with van der Waals surface area (Å²) in [6, 6.07) is 11.3. The Morgan fingerprint density at radius 1 is 1.26 bits per heavy atom. The summed E-state index contributed by atoms with van der Waals surface area (Å²) in [5.74, 6) is 0.668. The molecule has 1 heterocycles. The monoisotopic (exact) mass is 624 g/mol. The van der Waals surface area contributed by atoms with Crippen LogP contribution in [0.3, 0.4) is 0 Å². The van der Waals surface area contributed by atoms with E-state index in [4.69, 9.17) is 16.3 Å². The number of amides is 1. The number of sulfonamides is 1. The van der Waals surface area contributed by atoms with Crippen molar-refractivity contribution < 1.29 is 23.1 Å². The summed E-state index contributed by atoms with van der Waals surface area (Å²) in [6.45, 7) is 7.58. The van der Waals surface area contributed by atoms with Gasteiger partial charge in [0.05, 0.1) is 24.2 Å². The highest BCUT2D eigenvalue weighted by Crippen LogP contribution is 2.47. The molecule has 43 heavy (non-hydrogen) atoms. The minimum absolute atomic E-state index is 0.0446. The topological polar surface area (TPSA) is 95.9 Å². The Kier molecular flexibility index (Phi) is 8.39. The van der Waals surface area contributed by atoms with Crippen LogP contribution in [0.2, 0.25) is 5.02 Å². The van der Waals surface area contributed by atoms with Crippen molar-refractivity contribution in [2.45, 2.75) is 57.0 Å². The van der Waals surface area contributed by atoms with Gasteiger partial charge in [0.15, 0.2) is 0 Å². The first kappa shape index (κ1) is 30.2. The molecule has 0 aromatic heterocycles. The highest BCUT2D eigenvalue weighted by molar-refractivity contribution is 7.90. The Morgan fingerprint density at radius 3 is 2.84 bits per heavy atom. The zero-order valence-corrected chi connectivity index (χ0v) is 26.2. The van der Waals surface area contributed by atoms with Crippen molar-refractivity contribution in [3.63, 3.8) is 0 Å². The minimum Gasteiger partial charge on any atom is -0.490 e. The standard InChI is InChI=1S/C34H41ClN2O5S/c1-3-6-22-15-26(22)19-43(40,41)36-33(39)24-9-13-32-30(17-24)37(18-25-8-11-28(25)31(38)4-2)20-34(21-42-32)14-5-7-23-16-27(35)10-12-29(23)34/h3-4,6,9-10,12-13,16-17,22,25-26,28,31,38H,2,5,7-8,11,14-15,18-21H2,1H3,(H,36,39)/b6-3+/t22-,25-,26-,28+,31?,34-/m0/s1. The number of ether oxygens (including phenoxy) is 1. The number of carbonyl (C=O) groups excluding carboxylic acids is 1. The van der Waals surface area contributed by atoms with Gasteiger partial charge in [0.2, 0.25) is 10.0 Å². The lowest BCUT2D eigenvalue weighted by atomic mass is 9.68. The Balaban J connectivity index is 1.30. The predicted octanol–water partition coefficient (Wildman–Crippen LogP) is 5.66. The van der Waals surface area contributed by atoms with Crippen molar-refractivity contribution in [1.29, 1.82) is 0 Å². The minimum atomic E-state index is -3.78. The summed E-state index contributed by atoms with van der Waals surface area (Å²) in [5.41, 5.74) is 3.27. The molecule has 6 atom stereocenters.